The van der Waals surface area contributed by atoms with Gasteiger partial charge in [0.25, 0.3) is 0 Å². The maximum Gasteiger partial charge on any atom is 0.242 e. The van der Waals surface area contributed by atoms with Crippen molar-refractivity contribution in [2.45, 2.75) is 25.3 Å². The minimum atomic E-state index is -0.182. The third-order valence-corrected chi connectivity index (χ3v) is 3.80. The molecule has 1 saturated heterocycles. The van der Waals surface area contributed by atoms with Gasteiger partial charge in [-0.05, 0) is 43.5 Å². The van der Waals surface area contributed by atoms with Crippen LogP contribution >= 0.6 is 11.6 Å². The standard InChI is InChI=1S/C15H16ClN3O/c16-10-4-5-11-12(6-8-17-14(11)9-10)19-13-3-1-2-7-18-15(13)20/h4-6,8-9,13H,1-3,7H2,(H,17,19)(H,18,20). The zero-order valence-corrected chi connectivity index (χ0v) is 11.8. The van der Waals surface area contributed by atoms with Crippen LogP contribution in [0.3, 0.4) is 0 Å². The summed E-state index contributed by atoms with van der Waals surface area (Å²) in [4.78, 5) is 16.3. The van der Waals surface area contributed by atoms with Gasteiger partial charge in [-0.1, -0.05) is 11.6 Å². The topological polar surface area (TPSA) is 54.0 Å². The maximum atomic E-state index is 12.0. The van der Waals surface area contributed by atoms with Crippen LogP contribution in [0.15, 0.2) is 30.5 Å². The second-order valence-corrected chi connectivity index (χ2v) is 5.44. The summed E-state index contributed by atoms with van der Waals surface area (Å²) in [6.07, 6.45) is 4.67. The Hall–Kier alpha value is -1.81. The third kappa shape index (κ3) is 2.70. The van der Waals surface area contributed by atoms with Crippen molar-refractivity contribution in [3.05, 3.63) is 35.5 Å². The first-order valence-corrected chi connectivity index (χ1v) is 7.20. The van der Waals surface area contributed by atoms with Crippen LogP contribution in [0.2, 0.25) is 5.02 Å². The molecule has 0 spiro atoms. The van der Waals surface area contributed by atoms with Gasteiger partial charge < -0.3 is 10.6 Å². The van der Waals surface area contributed by atoms with Crippen LogP contribution in [0.4, 0.5) is 5.69 Å². The monoisotopic (exact) mass is 289 g/mol. The SMILES string of the molecule is O=C1NCCCCC1Nc1ccnc2cc(Cl)ccc12. The molecule has 0 saturated carbocycles. The number of hydrogen-bond acceptors (Lipinski definition) is 3. The number of carbonyl (C=O) groups excluding carboxylic acids is 1. The van der Waals surface area contributed by atoms with Crippen molar-refractivity contribution in [2.24, 2.45) is 0 Å². The summed E-state index contributed by atoms with van der Waals surface area (Å²) in [6, 6.07) is 7.31. The summed E-state index contributed by atoms with van der Waals surface area (Å²) < 4.78 is 0. The predicted octanol–water partition coefficient (Wildman–Crippen LogP) is 2.97. The lowest BCUT2D eigenvalue weighted by molar-refractivity contribution is -0.121. The fraction of sp³-hybridized carbons (Fsp3) is 0.333. The number of anilines is 1. The molecule has 0 bridgehead atoms. The van der Waals surface area contributed by atoms with Crippen LogP contribution in [0.5, 0.6) is 0 Å². The molecule has 4 nitrogen and oxygen atoms in total. The number of rotatable bonds is 2. The highest BCUT2D eigenvalue weighted by Gasteiger charge is 2.20. The van der Waals surface area contributed by atoms with E-state index in [2.05, 4.69) is 15.6 Å². The molecule has 3 rings (SSSR count). The highest BCUT2D eigenvalue weighted by Crippen LogP contribution is 2.25. The third-order valence-electron chi connectivity index (χ3n) is 3.57. The van der Waals surface area contributed by atoms with Gasteiger partial charge in [-0.15, -0.1) is 0 Å². The van der Waals surface area contributed by atoms with Crippen LogP contribution in [0, 0.1) is 0 Å². The highest BCUT2D eigenvalue weighted by atomic mass is 35.5. The van der Waals surface area contributed by atoms with Crippen molar-refractivity contribution < 1.29 is 4.79 Å². The zero-order valence-electron chi connectivity index (χ0n) is 11.0. The summed E-state index contributed by atoms with van der Waals surface area (Å²) in [5, 5.41) is 7.91. The van der Waals surface area contributed by atoms with Gasteiger partial charge in [0, 0.05) is 28.8 Å². The Morgan fingerprint density at radius 2 is 2.20 bits per heavy atom. The first-order valence-electron chi connectivity index (χ1n) is 6.82. The first kappa shape index (κ1) is 13.2. The van der Waals surface area contributed by atoms with Gasteiger partial charge >= 0.3 is 0 Å². The molecular weight excluding hydrogens is 274 g/mol. The number of nitrogens with one attached hydrogen (secondary N) is 2. The van der Waals surface area contributed by atoms with E-state index in [1.165, 1.54) is 0 Å². The van der Waals surface area contributed by atoms with Crippen LogP contribution in [0.1, 0.15) is 19.3 Å². The lowest BCUT2D eigenvalue weighted by Crippen LogP contribution is -2.37. The molecule has 1 aromatic heterocycles. The average molecular weight is 290 g/mol. The Balaban J connectivity index is 1.92. The number of aromatic nitrogens is 1. The van der Waals surface area contributed by atoms with Gasteiger partial charge in [0.05, 0.1) is 5.52 Å². The molecule has 1 amide bonds. The van der Waals surface area contributed by atoms with Crippen molar-refractivity contribution in [1.82, 2.24) is 10.3 Å². The van der Waals surface area contributed by atoms with Gasteiger partial charge in [-0.25, -0.2) is 0 Å². The average Bonchev–Trinajstić information content (AvgIpc) is 2.64. The van der Waals surface area contributed by atoms with Crippen molar-refractivity contribution in [3.8, 4) is 0 Å². The minimum Gasteiger partial charge on any atom is -0.373 e. The number of nitrogens with zero attached hydrogens (tertiary/aromatic N) is 1. The Morgan fingerprint density at radius 3 is 3.10 bits per heavy atom. The Bertz CT molecular complexity index is 644. The molecule has 2 heterocycles. The van der Waals surface area contributed by atoms with E-state index in [4.69, 9.17) is 11.6 Å². The van der Waals surface area contributed by atoms with Crippen LogP contribution in [-0.4, -0.2) is 23.5 Å². The van der Waals surface area contributed by atoms with Gasteiger partial charge in [0.2, 0.25) is 5.91 Å². The summed E-state index contributed by atoms with van der Waals surface area (Å²) in [5.74, 6) is 0.0708. The second-order valence-electron chi connectivity index (χ2n) is 5.00. The highest BCUT2D eigenvalue weighted by molar-refractivity contribution is 6.31. The van der Waals surface area contributed by atoms with Crippen LogP contribution in [-0.2, 0) is 4.79 Å². The van der Waals surface area contributed by atoms with E-state index >= 15 is 0 Å². The van der Waals surface area contributed by atoms with E-state index in [0.717, 1.165) is 42.4 Å². The van der Waals surface area contributed by atoms with Crippen LogP contribution in [0.25, 0.3) is 10.9 Å². The molecule has 1 aliphatic heterocycles. The van der Waals surface area contributed by atoms with Gasteiger partial charge in [-0.2, -0.15) is 0 Å². The molecule has 1 aromatic carbocycles. The van der Waals surface area contributed by atoms with Gasteiger partial charge in [-0.3, -0.25) is 9.78 Å². The first-order chi connectivity index (χ1) is 9.74. The number of amides is 1. The molecular formula is C15H16ClN3O. The van der Waals surface area contributed by atoms with E-state index in [9.17, 15) is 4.79 Å². The van der Waals surface area contributed by atoms with E-state index in [1.807, 2.05) is 24.3 Å². The van der Waals surface area contributed by atoms with E-state index in [1.54, 1.807) is 6.20 Å². The smallest absolute Gasteiger partial charge is 0.242 e. The Kier molecular flexibility index (Phi) is 3.74. The van der Waals surface area contributed by atoms with Gasteiger partial charge in [0.1, 0.15) is 6.04 Å². The van der Waals surface area contributed by atoms with E-state index < -0.39 is 0 Å². The zero-order chi connectivity index (χ0) is 13.9. The summed E-state index contributed by atoms with van der Waals surface area (Å²) >= 11 is 5.98. The number of fused-ring (bicyclic) bond motifs is 1. The van der Waals surface area contributed by atoms with Crippen molar-refractivity contribution in [1.29, 1.82) is 0 Å². The molecule has 1 fully saturated rings. The second kappa shape index (κ2) is 5.67. The number of halogens is 1. The Labute approximate surface area is 122 Å². The molecule has 104 valence electrons. The number of benzene rings is 1. The summed E-state index contributed by atoms with van der Waals surface area (Å²) in [5.41, 5.74) is 1.75. The predicted molar refractivity (Wildman–Crippen MR) is 81.0 cm³/mol. The van der Waals surface area contributed by atoms with Crippen molar-refractivity contribution >= 4 is 34.1 Å². The molecule has 0 aliphatic carbocycles. The molecule has 20 heavy (non-hydrogen) atoms. The van der Waals surface area contributed by atoms with Gasteiger partial charge in [0.15, 0.2) is 0 Å². The minimum absolute atomic E-state index is 0.0708. The summed E-state index contributed by atoms with van der Waals surface area (Å²) in [7, 11) is 0. The molecule has 2 aromatic rings. The molecule has 1 aliphatic rings. The fourth-order valence-electron chi connectivity index (χ4n) is 2.51. The Morgan fingerprint density at radius 1 is 1.30 bits per heavy atom. The molecule has 1 unspecified atom stereocenters. The number of carbonyl (C=O) groups is 1. The van der Waals surface area contributed by atoms with E-state index in [0.29, 0.717) is 5.02 Å². The molecule has 5 heteroatoms. The number of pyridine rings is 1. The molecule has 2 N–H and O–H groups in total. The fourth-order valence-corrected chi connectivity index (χ4v) is 2.68. The lowest BCUT2D eigenvalue weighted by atomic mass is 10.1. The largest absolute Gasteiger partial charge is 0.373 e. The quantitative estimate of drug-likeness (QED) is 0.894. The van der Waals surface area contributed by atoms with E-state index in [-0.39, 0.29) is 11.9 Å². The van der Waals surface area contributed by atoms with Crippen molar-refractivity contribution in [3.63, 3.8) is 0 Å². The van der Waals surface area contributed by atoms with Crippen LogP contribution < -0.4 is 10.6 Å². The van der Waals surface area contributed by atoms with Crippen molar-refractivity contribution in [2.75, 3.05) is 11.9 Å². The lowest BCUT2D eigenvalue weighted by Gasteiger charge is -2.17. The maximum absolute atomic E-state index is 12.0. The molecule has 0 radical (unpaired) electrons. The summed E-state index contributed by atoms with van der Waals surface area (Å²) in [6.45, 7) is 0.768. The molecule has 1 atom stereocenters. The number of hydrogen-bond donors (Lipinski definition) is 2. The normalized spacial score (nSPS) is 19.4.